The van der Waals surface area contributed by atoms with Crippen molar-refractivity contribution in [2.45, 2.75) is 6.10 Å². The fourth-order valence-electron chi connectivity index (χ4n) is 0.968. The van der Waals surface area contributed by atoms with Crippen molar-refractivity contribution >= 4 is 28.9 Å². The molecule has 0 aromatic heterocycles. The number of hydrogen-bond donors (Lipinski definition) is 1. The predicted octanol–water partition coefficient (Wildman–Crippen LogP) is 2.52. The highest BCUT2D eigenvalue weighted by Gasteiger charge is 2.14. The van der Waals surface area contributed by atoms with E-state index in [1.54, 1.807) is 0 Å². The van der Waals surface area contributed by atoms with E-state index in [1.165, 1.54) is 18.2 Å². The van der Waals surface area contributed by atoms with E-state index in [4.69, 9.17) is 23.2 Å². The number of aliphatic hydroxyl groups is 1. The van der Waals surface area contributed by atoms with Gasteiger partial charge < -0.3 is 5.11 Å². The number of halogens is 2. The van der Waals surface area contributed by atoms with Gasteiger partial charge in [-0.25, -0.2) is 0 Å². The largest absolute Gasteiger partial charge is 0.387 e. The molecule has 1 N–H and O–H groups in total. The van der Waals surface area contributed by atoms with E-state index in [1.807, 2.05) is 0 Å². The lowest BCUT2D eigenvalue weighted by molar-refractivity contribution is -0.384. The van der Waals surface area contributed by atoms with Crippen LogP contribution in [-0.2, 0) is 0 Å². The lowest BCUT2D eigenvalue weighted by Crippen LogP contribution is -1.99. The summed E-state index contributed by atoms with van der Waals surface area (Å²) in [5, 5.41) is 19.7. The van der Waals surface area contributed by atoms with Crippen LogP contribution in [0.5, 0.6) is 0 Å². The monoisotopic (exact) mass is 235 g/mol. The maximum absolute atomic E-state index is 10.4. The van der Waals surface area contributed by atoms with Crippen molar-refractivity contribution in [2.75, 3.05) is 5.88 Å². The molecule has 0 fully saturated rings. The van der Waals surface area contributed by atoms with E-state index in [0.29, 0.717) is 5.56 Å². The molecule has 76 valence electrons. The second-order valence-corrected chi connectivity index (χ2v) is 3.35. The van der Waals surface area contributed by atoms with E-state index in [0.717, 1.165) is 0 Å². The number of rotatable bonds is 3. The van der Waals surface area contributed by atoms with Crippen LogP contribution in [0.4, 0.5) is 5.69 Å². The van der Waals surface area contributed by atoms with Crippen LogP contribution in [0.1, 0.15) is 11.7 Å². The molecule has 0 heterocycles. The van der Waals surface area contributed by atoms with Gasteiger partial charge in [0.1, 0.15) is 5.02 Å². The number of benzene rings is 1. The summed E-state index contributed by atoms with van der Waals surface area (Å²) in [6, 6.07) is 4.01. The summed E-state index contributed by atoms with van der Waals surface area (Å²) < 4.78 is 0. The quantitative estimate of drug-likeness (QED) is 0.498. The molecule has 0 spiro atoms. The van der Waals surface area contributed by atoms with Crippen molar-refractivity contribution in [2.24, 2.45) is 0 Å². The van der Waals surface area contributed by atoms with Crippen LogP contribution in [-0.4, -0.2) is 15.9 Å². The Kier molecular flexibility index (Phi) is 3.69. The second-order valence-electron chi connectivity index (χ2n) is 2.64. The van der Waals surface area contributed by atoms with Gasteiger partial charge in [-0.15, -0.1) is 11.6 Å². The number of aliphatic hydroxyl groups excluding tert-OH is 1. The third-order valence-corrected chi connectivity index (χ3v) is 2.29. The van der Waals surface area contributed by atoms with Crippen molar-refractivity contribution in [1.82, 2.24) is 0 Å². The molecule has 4 nitrogen and oxygen atoms in total. The third-order valence-electron chi connectivity index (χ3n) is 1.70. The normalized spacial score (nSPS) is 12.5. The number of hydrogen-bond acceptors (Lipinski definition) is 3. The summed E-state index contributed by atoms with van der Waals surface area (Å²) in [6.45, 7) is 0. The van der Waals surface area contributed by atoms with E-state index in [9.17, 15) is 15.2 Å². The van der Waals surface area contributed by atoms with E-state index in [2.05, 4.69) is 0 Å². The number of nitrogens with zero attached hydrogens (tertiary/aromatic N) is 1. The molecule has 0 radical (unpaired) electrons. The maximum atomic E-state index is 10.4. The first-order valence-corrected chi connectivity index (χ1v) is 4.65. The maximum Gasteiger partial charge on any atom is 0.287 e. The number of alkyl halides is 1. The molecular formula is C8H7Cl2NO3. The Morgan fingerprint density at radius 1 is 1.57 bits per heavy atom. The Bertz CT molecular complexity index is 356. The number of nitro groups is 1. The van der Waals surface area contributed by atoms with Gasteiger partial charge in [0, 0.05) is 6.07 Å². The molecule has 0 amide bonds. The third kappa shape index (κ3) is 2.35. The molecule has 1 unspecified atom stereocenters. The molecule has 14 heavy (non-hydrogen) atoms. The minimum atomic E-state index is -0.852. The lowest BCUT2D eigenvalue weighted by Gasteiger charge is -2.06. The minimum absolute atomic E-state index is 0.00309. The SMILES string of the molecule is O=[N+]([O-])c1ccc(C(O)CCl)cc1Cl. The number of nitro benzene ring substituents is 1. The highest BCUT2D eigenvalue weighted by molar-refractivity contribution is 6.32. The topological polar surface area (TPSA) is 63.4 Å². The molecule has 0 bridgehead atoms. The van der Waals surface area contributed by atoms with Gasteiger partial charge in [-0.1, -0.05) is 11.6 Å². The molecule has 0 aliphatic rings. The zero-order valence-electron chi connectivity index (χ0n) is 6.98. The van der Waals surface area contributed by atoms with Crippen molar-refractivity contribution in [3.8, 4) is 0 Å². The summed E-state index contributed by atoms with van der Waals surface area (Å²) in [7, 11) is 0. The van der Waals surface area contributed by atoms with E-state index in [-0.39, 0.29) is 16.6 Å². The highest BCUT2D eigenvalue weighted by atomic mass is 35.5. The standard InChI is InChI=1S/C8H7Cl2NO3/c9-4-8(12)5-1-2-7(11(13)14)6(10)3-5/h1-3,8,12H,4H2. The summed E-state index contributed by atoms with van der Waals surface area (Å²) in [4.78, 5) is 9.82. The summed E-state index contributed by atoms with van der Waals surface area (Å²) in [6.07, 6.45) is -0.852. The summed E-state index contributed by atoms with van der Waals surface area (Å²) in [5.74, 6) is 0.0220. The average Bonchev–Trinajstić information content (AvgIpc) is 2.15. The zero-order chi connectivity index (χ0) is 10.7. The molecule has 0 saturated carbocycles. The first kappa shape index (κ1) is 11.2. The van der Waals surface area contributed by atoms with Crippen LogP contribution in [0.2, 0.25) is 5.02 Å². The fourth-order valence-corrected chi connectivity index (χ4v) is 1.40. The Balaban J connectivity index is 3.06. The molecule has 1 aromatic carbocycles. The van der Waals surface area contributed by atoms with Gasteiger partial charge >= 0.3 is 0 Å². The fraction of sp³-hybridized carbons (Fsp3) is 0.250. The molecule has 0 saturated heterocycles. The van der Waals surface area contributed by atoms with Gasteiger partial charge in [0.2, 0.25) is 0 Å². The van der Waals surface area contributed by atoms with Crippen molar-refractivity contribution in [1.29, 1.82) is 0 Å². The first-order chi connectivity index (χ1) is 6.56. The smallest absolute Gasteiger partial charge is 0.287 e. The second kappa shape index (κ2) is 4.59. The first-order valence-electron chi connectivity index (χ1n) is 3.74. The molecule has 1 rings (SSSR count). The Morgan fingerprint density at radius 3 is 2.64 bits per heavy atom. The van der Waals surface area contributed by atoms with Crippen LogP contribution in [0, 0.1) is 10.1 Å². The van der Waals surface area contributed by atoms with Gasteiger partial charge in [-0.3, -0.25) is 10.1 Å². The Labute approximate surface area is 90.2 Å². The van der Waals surface area contributed by atoms with Crippen LogP contribution >= 0.6 is 23.2 Å². The van der Waals surface area contributed by atoms with Gasteiger partial charge in [0.25, 0.3) is 5.69 Å². The minimum Gasteiger partial charge on any atom is -0.387 e. The molecule has 0 aliphatic carbocycles. The van der Waals surface area contributed by atoms with Crippen molar-refractivity contribution in [3.05, 3.63) is 38.9 Å². The molecular weight excluding hydrogens is 229 g/mol. The summed E-state index contributed by atoms with van der Waals surface area (Å²) in [5.41, 5.74) is 0.285. The zero-order valence-corrected chi connectivity index (χ0v) is 8.50. The van der Waals surface area contributed by atoms with Crippen LogP contribution in [0.3, 0.4) is 0 Å². The van der Waals surface area contributed by atoms with Crippen molar-refractivity contribution in [3.63, 3.8) is 0 Å². The molecule has 6 heteroatoms. The van der Waals surface area contributed by atoms with Gasteiger partial charge in [0.15, 0.2) is 0 Å². The predicted molar refractivity (Wildman–Crippen MR) is 53.8 cm³/mol. The van der Waals surface area contributed by atoms with Crippen LogP contribution < -0.4 is 0 Å². The van der Waals surface area contributed by atoms with E-state index >= 15 is 0 Å². The molecule has 0 aliphatic heterocycles. The highest BCUT2D eigenvalue weighted by Crippen LogP contribution is 2.27. The van der Waals surface area contributed by atoms with E-state index < -0.39 is 11.0 Å². The van der Waals surface area contributed by atoms with Crippen LogP contribution in [0.25, 0.3) is 0 Å². The summed E-state index contributed by atoms with van der Waals surface area (Å²) >= 11 is 11.0. The van der Waals surface area contributed by atoms with Gasteiger partial charge in [0.05, 0.1) is 16.9 Å². The molecule has 1 atom stereocenters. The Hall–Kier alpha value is -0.840. The Morgan fingerprint density at radius 2 is 2.21 bits per heavy atom. The van der Waals surface area contributed by atoms with Crippen LogP contribution in [0.15, 0.2) is 18.2 Å². The van der Waals surface area contributed by atoms with Crippen molar-refractivity contribution < 1.29 is 10.0 Å². The molecule has 1 aromatic rings. The average molecular weight is 236 g/mol. The van der Waals surface area contributed by atoms with Gasteiger partial charge in [-0.2, -0.15) is 0 Å². The van der Waals surface area contributed by atoms with Gasteiger partial charge in [-0.05, 0) is 17.7 Å². The lowest BCUT2D eigenvalue weighted by atomic mass is 10.1.